The summed E-state index contributed by atoms with van der Waals surface area (Å²) in [5, 5.41) is 11.7. The van der Waals surface area contributed by atoms with Crippen molar-refractivity contribution in [3.63, 3.8) is 0 Å². The first-order chi connectivity index (χ1) is 4.72. The molecule has 0 bridgehead atoms. The first-order valence-electron chi connectivity index (χ1n) is 3.35. The summed E-state index contributed by atoms with van der Waals surface area (Å²) in [5.41, 5.74) is 0. The molecule has 1 rings (SSSR count). The Hall–Kier alpha value is -0.0300. The Morgan fingerprint density at radius 1 is 1.58 bits per heavy atom. The van der Waals surface area contributed by atoms with Crippen LogP contribution < -0.4 is 5.32 Å². The highest BCUT2D eigenvalue weighted by atomic mass is 35.5. The van der Waals surface area contributed by atoms with Gasteiger partial charge in [-0.05, 0) is 7.05 Å². The number of rotatable bonds is 1. The van der Waals surface area contributed by atoms with E-state index in [1.807, 2.05) is 11.9 Å². The highest BCUT2D eigenvalue weighted by molar-refractivity contribution is 5.85. The molecule has 1 unspecified atom stereocenters. The van der Waals surface area contributed by atoms with E-state index in [0.29, 0.717) is 6.54 Å². The molecule has 1 atom stereocenters. The van der Waals surface area contributed by atoms with Gasteiger partial charge in [-0.2, -0.15) is 0 Å². The fraction of sp³-hybridized carbons (Fsp3) is 0.833. The smallest absolute Gasteiger partial charge is 0.322 e. The normalized spacial score (nSPS) is 23.6. The van der Waals surface area contributed by atoms with Crippen molar-refractivity contribution in [1.82, 2.24) is 10.2 Å². The summed E-state index contributed by atoms with van der Waals surface area (Å²) in [6, 6.07) is -0.339. The van der Waals surface area contributed by atoms with E-state index >= 15 is 0 Å². The Morgan fingerprint density at radius 3 is 2.50 bits per heavy atom. The lowest BCUT2D eigenvalue weighted by Crippen LogP contribution is -2.52. The van der Waals surface area contributed by atoms with Crippen LogP contribution in [0.5, 0.6) is 0 Å². The molecule has 0 spiro atoms. The van der Waals surface area contributed by atoms with Crippen molar-refractivity contribution in [1.29, 1.82) is 0 Å². The van der Waals surface area contributed by atoms with Crippen molar-refractivity contribution in [3.05, 3.63) is 0 Å². The second-order valence-corrected chi connectivity index (χ2v) is 2.54. The van der Waals surface area contributed by atoms with E-state index in [9.17, 15) is 4.79 Å². The van der Waals surface area contributed by atoms with Gasteiger partial charge in [0, 0.05) is 19.6 Å². The van der Waals surface area contributed by atoms with E-state index in [1.54, 1.807) is 0 Å². The van der Waals surface area contributed by atoms with Crippen molar-refractivity contribution in [3.8, 4) is 0 Å². The van der Waals surface area contributed by atoms with E-state index in [-0.39, 0.29) is 30.9 Å². The summed E-state index contributed by atoms with van der Waals surface area (Å²) < 4.78 is 0. The SMILES string of the molecule is CN1CCNCC1C(=O)O.Cl.Cl. The summed E-state index contributed by atoms with van der Waals surface area (Å²) >= 11 is 0. The van der Waals surface area contributed by atoms with Gasteiger partial charge in [-0.1, -0.05) is 0 Å². The third kappa shape index (κ3) is 3.58. The topological polar surface area (TPSA) is 52.6 Å². The Kier molecular flexibility index (Phi) is 7.83. The molecular weight excluding hydrogens is 203 g/mol. The van der Waals surface area contributed by atoms with Crippen LogP contribution in [0.1, 0.15) is 0 Å². The molecule has 4 nitrogen and oxygen atoms in total. The molecule has 6 heteroatoms. The maximum atomic E-state index is 10.5. The minimum absolute atomic E-state index is 0. The number of nitrogens with one attached hydrogen (secondary N) is 1. The Labute approximate surface area is 84.1 Å². The molecule has 1 saturated heterocycles. The molecule has 2 N–H and O–H groups in total. The highest BCUT2D eigenvalue weighted by Crippen LogP contribution is 1.98. The van der Waals surface area contributed by atoms with Gasteiger partial charge in [-0.25, -0.2) is 0 Å². The van der Waals surface area contributed by atoms with Crippen LogP contribution in [0.15, 0.2) is 0 Å². The van der Waals surface area contributed by atoms with Crippen LogP contribution in [-0.2, 0) is 4.79 Å². The molecule has 0 aromatic heterocycles. The molecule has 0 radical (unpaired) electrons. The Balaban J connectivity index is 0. The number of piperazine rings is 1. The molecule has 1 aliphatic rings. The van der Waals surface area contributed by atoms with Gasteiger partial charge < -0.3 is 10.4 Å². The third-order valence-corrected chi connectivity index (χ3v) is 1.80. The van der Waals surface area contributed by atoms with Crippen LogP contribution in [0, 0.1) is 0 Å². The number of carboxylic acid groups (broad SMARTS) is 1. The lowest BCUT2D eigenvalue weighted by molar-refractivity contribution is -0.143. The molecule has 1 fully saturated rings. The monoisotopic (exact) mass is 216 g/mol. The van der Waals surface area contributed by atoms with Crippen molar-refractivity contribution in [2.24, 2.45) is 0 Å². The first-order valence-corrected chi connectivity index (χ1v) is 3.35. The van der Waals surface area contributed by atoms with Crippen LogP contribution in [-0.4, -0.2) is 48.7 Å². The van der Waals surface area contributed by atoms with Gasteiger partial charge >= 0.3 is 5.97 Å². The zero-order chi connectivity index (χ0) is 7.56. The van der Waals surface area contributed by atoms with E-state index in [0.717, 1.165) is 13.1 Å². The molecule has 12 heavy (non-hydrogen) atoms. The lowest BCUT2D eigenvalue weighted by Gasteiger charge is -2.29. The highest BCUT2D eigenvalue weighted by Gasteiger charge is 2.24. The minimum atomic E-state index is -0.741. The Bertz CT molecular complexity index is 146. The summed E-state index contributed by atoms with van der Waals surface area (Å²) in [6.45, 7) is 2.27. The second kappa shape index (κ2) is 6.48. The van der Waals surface area contributed by atoms with Crippen molar-refractivity contribution >= 4 is 30.8 Å². The Morgan fingerprint density at radius 2 is 2.17 bits per heavy atom. The minimum Gasteiger partial charge on any atom is -0.480 e. The largest absolute Gasteiger partial charge is 0.480 e. The van der Waals surface area contributed by atoms with Crippen molar-refractivity contribution in [2.45, 2.75) is 6.04 Å². The van der Waals surface area contributed by atoms with E-state index in [1.165, 1.54) is 0 Å². The zero-order valence-electron chi connectivity index (χ0n) is 6.82. The van der Waals surface area contributed by atoms with Gasteiger partial charge in [0.15, 0.2) is 0 Å². The van der Waals surface area contributed by atoms with E-state index < -0.39 is 5.97 Å². The van der Waals surface area contributed by atoms with Gasteiger partial charge in [0.05, 0.1) is 0 Å². The molecule has 0 aliphatic carbocycles. The standard InChI is InChI=1S/C6H12N2O2.2ClH/c1-8-3-2-7-4-5(8)6(9)10;;/h5,7H,2-4H2,1H3,(H,9,10);2*1H. The van der Waals surface area contributed by atoms with Gasteiger partial charge in [0.1, 0.15) is 6.04 Å². The maximum absolute atomic E-state index is 10.5. The van der Waals surface area contributed by atoms with Gasteiger partial charge in [-0.3, -0.25) is 9.69 Å². The molecule has 74 valence electrons. The molecule has 0 aromatic rings. The number of hydrogen-bond donors (Lipinski definition) is 2. The molecular formula is C6H14Cl2N2O2. The number of carboxylic acids is 1. The summed E-state index contributed by atoms with van der Waals surface area (Å²) in [4.78, 5) is 12.3. The number of hydrogen-bond acceptors (Lipinski definition) is 3. The van der Waals surface area contributed by atoms with E-state index in [4.69, 9.17) is 5.11 Å². The molecule has 1 heterocycles. The maximum Gasteiger partial charge on any atom is 0.322 e. The molecule has 1 aliphatic heterocycles. The zero-order valence-corrected chi connectivity index (χ0v) is 8.45. The average Bonchev–Trinajstić information content (AvgIpc) is 1.88. The number of aliphatic carboxylic acids is 1. The molecule has 0 saturated carbocycles. The number of carbonyl (C=O) groups is 1. The summed E-state index contributed by atoms with van der Waals surface area (Å²) in [5.74, 6) is -0.741. The fourth-order valence-electron chi connectivity index (χ4n) is 1.08. The van der Waals surface area contributed by atoms with Gasteiger partial charge in [0.25, 0.3) is 0 Å². The quantitative estimate of drug-likeness (QED) is 0.639. The molecule has 0 amide bonds. The predicted molar refractivity (Wildman–Crippen MR) is 51.4 cm³/mol. The van der Waals surface area contributed by atoms with Gasteiger partial charge in [0.2, 0.25) is 0 Å². The number of likely N-dealkylation sites (N-methyl/N-ethyl adjacent to an activating group) is 1. The first kappa shape index (κ1) is 14.5. The van der Waals surface area contributed by atoms with Crippen LogP contribution >= 0.6 is 24.8 Å². The third-order valence-electron chi connectivity index (χ3n) is 1.80. The number of nitrogens with zero attached hydrogens (tertiary/aromatic N) is 1. The van der Waals surface area contributed by atoms with Crippen LogP contribution in [0.3, 0.4) is 0 Å². The van der Waals surface area contributed by atoms with Crippen LogP contribution in [0.25, 0.3) is 0 Å². The average molecular weight is 217 g/mol. The summed E-state index contributed by atoms with van der Waals surface area (Å²) in [6.07, 6.45) is 0. The molecule has 0 aromatic carbocycles. The second-order valence-electron chi connectivity index (χ2n) is 2.54. The van der Waals surface area contributed by atoms with E-state index in [2.05, 4.69) is 5.32 Å². The van der Waals surface area contributed by atoms with Crippen LogP contribution in [0.2, 0.25) is 0 Å². The van der Waals surface area contributed by atoms with Crippen LogP contribution in [0.4, 0.5) is 0 Å². The fourth-order valence-corrected chi connectivity index (χ4v) is 1.08. The van der Waals surface area contributed by atoms with Crippen molar-refractivity contribution < 1.29 is 9.90 Å². The summed E-state index contributed by atoms with van der Waals surface area (Å²) in [7, 11) is 1.83. The number of halogens is 2. The van der Waals surface area contributed by atoms with Crippen molar-refractivity contribution in [2.75, 3.05) is 26.7 Å². The van der Waals surface area contributed by atoms with Gasteiger partial charge in [-0.15, -0.1) is 24.8 Å². The predicted octanol–water partition coefficient (Wildman–Crippen LogP) is -0.182. The lowest BCUT2D eigenvalue weighted by atomic mass is 10.2.